The summed E-state index contributed by atoms with van der Waals surface area (Å²) in [5.74, 6) is -0.216. The highest BCUT2D eigenvalue weighted by Crippen LogP contribution is 2.38. The lowest BCUT2D eigenvalue weighted by Crippen LogP contribution is -2.45. The number of rotatable bonds is 52. The van der Waals surface area contributed by atoms with Crippen LogP contribution < -0.4 is 10.2 Å². The van der Waals surface area contributed by atoms with Crippen LogP contribution in [0.1, 0.15) is 213 Å². The summed E-state index contributed by atoms with van der Waals surface area (Å²) in [7, 11) is 1.23. The second-order valence-corrected chi connectivity index (χ2v) is 22.0. The average Bonchev–Trinajstić information content (AvgIpc) is 3.37. The normalized spacial score (nSPS) is 14.9. The third-order valence-electron chi connectivity index (χ3n) is 12.3. The SMILES string of the molecule is CC/C=C\C/C=C\C/C=C\C/C=C\C/C=C\C/C=C\C/C=C\C/C=C\C/C=C\C/C=C\C/C=C\CCCCCCCCCC(=O)NC(COP(=O)([O-])OCC[N+](C)(C)C)C(O)/C=C/CCCCCCCCCCCC. The number of aliphatic hydroxyl groups is 1. The number of likely N-dealkylation sites (N-methyl/N-ethyl adjacent to an activating group) is 1. The predicted molar refractivity (Wildman–Crippen MR) is 325 cm³/mol. The highest BCUT2D eigenvalue weighted by Gasteiger charge is 2.23. The van der Waals surface area contributed by atoms with E-state index >= 15 is 0 Å². The summed E-state index contributed by atoms with van der Waals surface area (Å²) in [6.07, 6.45) is 85.0. The molecule has 0 aromatic rings. The van der Waals surface area contributed by atoms with Crippen LogP contribution in [0.5, 0.6) is 0 Å². The lowest BCUT2D eigenvalue weighted by Gasteiger charge is -2.29. The Balaban J connectivity index is 4.12. The van der Waals surface area contributed by atoms with Crippen LogP contribution in [0.15, 0.2) is 146 Å². The van der Waals surface area contributed by atoms with Crippen molar-refractivity contribution in [2.45, 2.75) is 225 Å². The number of unbranched alkanes of at least 4 members (excludes halogenated alkanes) is 17. The number of allylic oxidation sites excluding steroid dienone is 23. The molecule has 3 atom stereocenters. The molecule has 0 aliphatic heterocycles. The molecule has 0 aliphatic rings. The van der Waals surface area contributed by atoms with Crippen molar-refractivity contribution >= 4 is 13.7 Å². The van der Waals surface area contributed by atoms with E-state index in [1.807, 2.05) is 27.2 Å². The number of aliphatic hydroxyl groups excluding tert-OH is 1. The number of hydrogen-bond acceptors (Lipinski definition) is 6. The van der Waals surface area contributed by atoms with Crippen molar-refractivity contribution in [1.82, 2.24) is 5.32 Å². The van der Waals surface area contributed by atoms with Crippen molar-refractivity contribution < 1.29 is 32.9 Å². The van der Waals surface area contributed by atoms with Gasteiger partial charge in [-0.25, -0.2) is 0 Å². The van der Waals surface area contributed by atoms with Crippen molar-refractivity contribution in [2.24, 2.45) is 0 Å². The Morgan fingerprint density at radius 2 is 0.813 bits per heavy atom. The molecule has 0 rings (SSSR count). The first-order valence-corrected chi connectivity index (χ1v) is 31.2. The van der Waals surface area contributed by atoms with E-state index in [2.05, 4.69) is 153 Å². The van der Waals surface area contributed by atoms with Crippen molar-refractivity contribution in [2.75, 3.05) is 40.9 Å². The van der Waals surface area contributed by atoms with Gasteiger partial charge in [-0.2, -0.15) is 0 Å². The number of amides is 1. The number of phosphoric acid groups is 1. The van der Waals surface area contributed by atoms with Crippen LogP contribution in [-0.2, 0) is 18.4 Å². The molecule has 75 heavy (non-hydrogen) atoms. The monoisotopic (exact) mass is 1060 g/mol. The Morgan fingerprint density at radius 1 is 0.480 bits per heavy atom. The van der Waals surface area contributed by atoms with Gasteiger partial charge in [-0.3, -0.25) is 9.36 Å². The summed E-state index contributed by atoms with van der Waals surface area (Å²) >= 11 is 0. The molecule has 0 saturated heterocycles. The van der Waals surface area contributed by atoms with Crippen LogP contribution in [0.4, 0.5) is 0 Å². The Morgan fingerprint density at radius 3 is 1.19 bits per heavy atom. The van der Waals surface area contributed by atoms with Gasteiger partial charge >= 0.3 is 0 Å². The first kappa shape index (κ1) is 71.4. The van der Waals surface area contributed by atoms with Gasteiger partial charge in [-0.15, -0.1) is 0 Å². The van der Waals surface area contributed by atoms with Crippen LogP contribution in [0.3, 0.4) is 0 Å². The summed E-state index contributed by atoms with van der Waals surface area (Å²) in [5, 5.41) is 13.8. The van der Waals surface area contributed by atoms with Gasteiger partial charge in [0.1, 0.15) is 13.2 Å². The maximum absolute atomic E-state index is 12.9. The fraction of sp³-hybridized carbons (Fsp3) is 0.621. The Bertz CT molecular complexity index is 1720. The molecule has 0 radical (unpaired) electrons. The molecule has 0 aromatic carbocycles. The standard InChI is InChI=1S/C66H111N2O6P/c1-6-8-10-12-14-16-18-20-21-22-23-24-25-26-27-28-29-30-31-32-33-34-35-36-37-38-39-40-41-42-43-44-45-46-47-48-50-52-54-56-58-60-66(70)67-64(63-74-75(71,72)73-62-61-68(3,4)5)65(69)59-57-55-53-51-49-19-17-15-13-11-9-7-2/h8,10,14,16,20-21,23-24,26-27,29-30,32-33,35-36,38-39,41-42,44-45,57,59,64-65,69H,6-7,9,11-13,15,17-19,22,25,28,31,34,37,40,43,46-56,58,60-63H2,1-5H3,(H-,67,70,71,72)/b10-8-,16-14-,21-20-,24-23-,27-26-,30-29-,33-32-,36-35-,39-38-,42-41-,45-44-,59-57+. The van der Waals surface area contributed by atoms with Crippen LogP contribution in [-0.4, -0.2) is 68.5 Å². The molecule has 0 saturated carbocycles. The zero-order chi connectivity index (χ0) is 54.9. The van der Waals surface area contributed by atoms with E-state index in [1.165, 1.54) is 70.6 Å². The van der Waals surface area contributed by atoms with E-state index in [1.54, 1.807) is 6.08 Å². The Kier molecular flexibility index (Phi) is 52.5. The molecule has 0 spiro atoms. The molecule has 0 fully saturated rings. The zero-order valence-electron chi connectivity index (χ0n) is 48.4. The molecule has 0 aliphatic carbocycles. The van der Waals surface area contributed by atoms with Gasteiger partial charge in [0.25, 0.3) is 7.82 Å². The summed E-state index contributed by atoms with van der Waals surface area (Å²) in [6, 6.07) is -0.902. The molecule has 2 N–H and O–H groups in total. The van der Waals surface area contributed by atoms with Crippen LogP contribution in [0.2, 0.25) is 0 Å². The van der Waals surface area contributed by atoms with E-state index in [0.29, 0.717) is 17.4 Å². The molecular formula is C66H111N2O6P. The third kappa shape index (κ3) is 57.9. The quantitative estimate of drug-likeness (QED) is 0.0272. The highest BCUT2D eigenvalue weighted by atomic mass is 31.2. The minimum absolute atomic E-state index is 0.0105. The molecule has 0 aromatic heterocycles. The first-order valence-electron chi connectivity index (χ1n) is 29.7. The van der Waals surface area contributed by atoms with Gasteiger partial charge in [0, 0.05) is 6.42 Å². The first-order chi connectivity index (χ1) is 36.5. The fourth-order valence-electron chi connectivity index (χ4n) is 7.69. The second-order valence-electron chi connectivity index (χ2n) is 20.6. The number of carbonyl (C=O) groups is 1. The largest absolute Gasteiger partial charge is 0.756 e. The van der Waals surface area contributed by atoms with Gasteiger partial charge in [-0.1, -0.05) is 250 Å². The molecule has 9 heteroatoms. The molecular weight excluding hydrogens is 948 g/mol. The number of nitrogens with zero attached hydrogens (tertiary/aromatic N) is 1. The van der Waals surface area contributed by atoms with Gasteiger partial charge in [0.15, 0.2) is 0 Å². The van der Waals surface area contributed by atoms with E-state index < -0.39 is 26.6 Å². The average molecular weight is 1060 g/mol. The smallest absolute Gasteiger partial charge is 0.268 e. The summed E-state index contributed by atoms with van der Waals surface area (Å²) in [4.78, 5) is 25.4. The third-order valence-corrected chi connectivity index (χ3v) is 13.3. The topological polar surface area (TPSA) is 108 Å². The van der Waals surface area contributed by atoms with Crippen molar-refractivity contribution in [1.29, 1.82) is 0 Å². The zero-order valence-corrected chi connectivity index (χ0v) is 49.3. The van der Waals surface area contributed by atoms with E-state index in [0.717, 1.165) is 122 Å². The molecule has 426 valence electrons. The maximum atomic E-state index is 12.9. The summed E-state index contributed by atoms with van der Waals surface area (Å²) in [6.45, 7) is 4.49. The predicted octanol–water partition coefficient (Wildman–Crippen LogP) is 17.8. The van der Waals surface area contributed by atoms with E-state index in [-0.39, 0.29) is 12.5 Å². The Labute approximate surface area is 461 Å². The lowest BCUT2D eigenvalue weighted by molar-refractivity contribution is -0.870. The van der Waals surface area contributed by atoms with Gasteiger partial charge in [0.05, 0.1) is 39.9 Å². The van der Waals surface area contributed by atoms with Crippen molar-refractivity contribution in [3.05, 3.63) is 146 Å². The van der Waals surface area contributed by atoms with Crippen LogP contribution in [0, 0.1) is 0 Å². The number of phosphoric ester groups is 1. The molecule has 1 amide bonds. The number of quaternary nitrogens is 1. The summed E-state index contributed by atoms with van der Waals surface area (Å²) < 4.78 is 23.3. The maximum Gasteiger partial charge on any atom is 0.268 e. The summed E-state index contributed by atoms with van der Waals surface area (Å²) in [5.41, 5.74) is 0. The Hall–Kier alpha value is -3.62. The van der Waals surface area contributed by atoms with Crippen molar-refractivity contribution in [3.8, 4) is 0 Å². The number of hydrogen-bond donors (Lipinski definition) is 2. The van der Waals surface area contributed by atoms with Gasteiger partial charge in [0.2, 0.25) is 5.91 Å². The molecule has 8 nitrogen and oxygen atoms in total. The van der Waals surface area contributed by atoms with Gasteiger partial charge < -0.3 is 28.8 Å². The number of nitrogens with one attached hydrogen (secondary N) is 1. The molecule has 0 bridgehead atoms. The van der Waals surface area contributed by atoms with Crippen molar-refractivity contribution in [3.63, 3.8) is 0 Å². The minimum Gasteiger partial charge on any atom is -0.756 e. The molecule has 3 unspecified atom stereocenters. The van der Waals surface area contributed by atoms with Crippen LogP contribution >= 0.6 is 7.82 Å². The number of carbonyl (C=O) groups excluding carboxylic acids is 1. The lowest BCUT2D eigenvalue weighted by atomic mass is 10.1. The molecule has 0 heterocycles. The van der Waals surface area contributed by atoms with E-state index in [4.69, 9.17) is 9.05 Å². The van der Waals surface area contributed by atoms with E-state index in [9.17, 15) is 19.4 Å². The van der Waals surface area contributed by atoms with Crippen LogP contribution in [0.25, 0.3) is 0 Å². The fourth-order valence-corrected chi connectivity index (χ4v) is 8.41. The van der Waals surface area contributed by atoms with Gasteiger partial charge in [-0.05, 0) is 103 Å². The minimum atomic E-state index is -4.60. The second kappa shape index (κ2) is 55.1. The highest BCUT2D eigenvalue weighted by molar-refractivity contribution is 7.45.